The van der Waals surface area contributed by atoms with Crippen LogP contribution in [0.2, 0.25) is 0 Å². The highest BCUT2D eigenvalue weighted by molar-refractivity contribution is 5.86. The van der Waals surface area contributed by atoms with Gasteiger partial charge in [0.25, 0.3) is 0 Å². The minimum Gasteiger partial charge on any atom is -0.481 e. The zero-order valence-corrected chi connectivity index (χ0v) is 49.6. The number of piperazine rings is 1. The Kier molecular flexibility index (Phi) is 30.5. The van der Waals surface area contributed by atoms with Crippen LogP contribution in [0.1, 0.15) is 126 Å². The number of aromatic nitrogens is 3. The maximum atomic E-state index is 12.4. The highest BCUT2D eigenvalue weighted by Crippen LogP contribution is 2.23. The standard InChI is InChI=1S/C58H93N13O14/c1-65-27-28-67(40-51(75)76)29-30-68(41-52(77)78)33-36-71(42-53(79)80)45(39-65)37-43-17-19-44(20-18-43)38-48-62-56(69-25-13-8-14-26-69)64-57(63-48)70-34-31-66(32-35-70)24-12-7-5-3-2-4-6-9-16-49(72)59-23-11-10-15-46(54(81)82)60-58(85)61-47(55(83)84)21-22-50(73)74/h17-20,45-47H,2-16,21-42H2,1H3,(H,59,72)(H,73,74)(H,75,76)(H,77,78)(H,79,80)(H,81,82)(H,83,84)(H2,60,61,85)/t45?,46-,47-/m0/s1. The first-order valence-electron chi connectivity index (χ1n) is 30.4. The van der Waals surface area contributed by atoms with Crippen LogP contribution in [-0.4, -0.2) is 261 Å². The summed E-state index contributed by atoms with van der Waals surface area (Å²) in [5, 5.41) is 63.9. The number of piperidine rings is 1. The number of carbonyl (C=O) groups is 8. The van der Waals surface area contributed by atoms with Crippen LogP contribution in [-0.2, 0) is 46.4 Å². The van der Waals surface area contributed by atoms with Gasteiger partial charge in [-0.2, -0.15) is 15.0 Å². The van der Waals surface area contributed by atoms with Gasteiger partial charge < -0.3 is 61.3 Å². The zero-order valence-electron chi connectivity index (χ0n) is 49.6. The van der Waals surface area contributed by atoms with E-state index in [0.717, 1.165) is 127 Å². The Labute approximate surface area is 498 Å². The summed E-state index contributed by atoms with van der Waals surface area (Å²) in [6.45, 7) is 8.99. The van der Waals surface area contributed by atoms with Crippen molar-refractivity contribution in [2.75, 3.05) is 135 Å². The Balaban J connectivity index is 1.01. The molecule has 5 rings (SSSR count). The molecule has 3 saturated heterocycles. The lowest BCUT2D eigenvalue weighted by Crippen LogP contribution is -2.52. The smallest absolute Gasteiger partial charge is 0.326 e. The van der Waals surface area contributed by atoms with Crippen molar-refractivity contribution < 1.29 is 69.0 Å². The topological polar surface area (TPSA) is 355 Å². The third kappa shape index (κ3) is 27.4. The summed E-state index contributed by atoms with van der Waals surface area (Å²) in [4.78, 5) is 124. The molecule has 27 heteroatoms. The first-order valence-corrected chi connectivity index (χ1v) is 30.4. The molecule has 0 bridgehead atoms. The second-order valence-corrected chi connectivity index (χ2v) is 22.8. The number of unbranched alkanes of at least 4 members (excludes halogenated alkanes) is 8. The Hall–Kier alpha value is -6.81. The molecule has 3 amide bonds. The normalized spacial score (nSPS) is 18.1. The fraction of sp³-hybridized carbons (Fsp3) is 0.707. The number of anilines is 2. The number of carboxylic acid groups (broad SMARTS) is 6. The van der Waals surface area contributed by atoms with Gasteiger partial charge in [0, 0.05) is 117 Å². The highest BCUT2D eigenvalue weighted by atomic mass is 16.4. The number of hydrogen-bond donors (Lipinski definition) is 9. The van der Waals surface area contributed by atoms with Crippen molar-refractivity contribution in [2.45, 2.75) is 140 Å². The molecule has 85 heavy (non-hydrogen) atoms. The van der Waals surface area contributed by atoms with Crippen molar-refractivity contribution in [3.63, 3.8) is 0 Å². The molecule has 1 unspecified atom stereocenters. The minimum absolute atomic E-state index is 0.0603. The first kappa shape index (κ1) is 69.0. The Morgan fingerprint density at radius 1 is 0.518 bits per heavy atom. The van der Waals surface area contributed by atoms with Crippen molar-refractivity contribution in [3.05, 3.63) is 41.2 Å². The van der Waals surface area contributed by atoms with Crippen LogP contribution < -0.4 is 25.8 Å². The van der Waals surface area contributed by atoms with E-state index in [2.05, 4.69) is 59.8 Å². The molecule has 3 fully saturated rings. The Morgan fingerprint density at radius 3 is 1.61 bits per heavy atom. The van der Waals surface area contributed by atoms with Crippen LogP contribution in [0, 0.1) is 0 Å². The number of urea groups is 1. The molecule has 2 aromatic rings. The molecule has 27 nitrogen and oxygen atoms in total. The zero-order chi connectivity index (χ0) is 61.5. The molecular formula is C58H93N13O14. The summed E-state index contributed by atoms with van der Waals surface area (Å²) in [5.74, 6) is -4.81. The maximum Gasteiger partial charge on any atom is 0.326 e. The van der Waals surface area contributed by atoms with E-state index in [1.807, 2.05) is 16.8 Å². The molecule has 9 N–H and O–H groups in total. The van der Waals surface area contributed by atoms with Gasteiger partial charge in [-0.1, -0.05) is 62.8 Å². The van der Waals surface area contributed by atoms with Crippen molar-refractivity contribution in [1.82, 2.24) is 55.4 Å². The van der Waals surface area contributed by atoms with Crippen molar-refractivity contribution in [1.29, 1.82) is 0 Å². The van der Waals surface area contributed by atoms with Crippen LogP contribution >= 0.6 is 0 Å². The largest absolute Gasteiger partial charge is 0.481 e. The van der Waals surface area contributed by atoms with Gasteiger partial charge in [0.05, 0.1) is 19.6 Å². The number of carboxylic acids is 6. The van der Waals surface area contributed by atoms with E-state index in [9.17, 15) is 63.9 Å². The van der Waals surface area contributed by atoms with Gasteiger partial charge in [-0.25, -0.2) is 14.4 Å². The number of likely N-dealkylation sites (N-methyl/N-ethyl adjacent to an activating group) is 1. The fourth-order valence-electron chi connectivity index (χ4n) is 11.0. The van der Waals surface area contributed by atoms with Gasteiger partial charge in [0.2, 0.25) is 17.8 Å². The molecule has 0 radical (unpaired) electrons. The van der Waals surface area contributed by atoms with E-state index in [-0.39, 0.29) is 44.4 Å². The van der Waals surface area contributed by atoms with E-state index in [1.54, 1.807) is 4.90 Å². The van der Waals surface area contributed by atoms with Crippen molar-refractivity contribution in [2.24, 2.45) is 0 Å². The third-order valence-electron chi connectivity index (χ3n) is 15.9. The number of carbonyl (C=O) groups excluding carboxylic acids is 2. The molecule has 1 aromatic carbocycles. The fourth-order valence-corrected chi connectivity index (χ4v) is 11.0. The molecule has 0 spiro atoms. The third-order valence-corrected chi connectivity index (χ3v) is 15.9. The van der Waals surface area contributed by atoms with E-state index in [4.69, 9.17) is 20.1 Å². The molecule has 3 aliphatic rings. The monoisotopic (exact) mass is 1200 g/mol. The summed E-state index contributed by atoms with van der Waals surface area (Å²) in [6.07, 6.45) is 13.4. The number of nitrogens with zero attached hydrogens (tertiary/aromatic N) is 10. The van der Waals surface area contributed by atoms with Crippen LogP contribution in [0.25, 0.3) is 0 Å². The molecule has 474 valence electrons. The van der Waals surface area contributed by atoms with Crippen LogP contribution in [0.4, 0.5) is 16.7 Å². The predicted octanol–water partition coefficient (Wildman–Crippen LogP) is 2.46. The molecule has 1 aromatic heterocycles. The molecule has 3 atom stereocenters. The van der Waals surface area contributed by atoms with Crippen LogP contribution in [0.3, 0.4) is 0 Å². The maximum absolute atomic E-state index is 12.4. The van der Waals surface area contributed by atoms with Gasteiger partial charge in [0.15, 0.2) is 0 Å². The van der Waals surface area contributed by atoms with E-state index in [1.165, 1.54) is 6.42 Å². The molecule has 0 aliphatic carbocycles. The second-order valence-electron chi connectivity index (χ2n) is 22.8. The SMILES string of the molecule is CN1CCN(CC(=O)O)CCN(CC(=O)O)CCN(CC(=O)O)C(Cc2ccc(Cc3nc(N4CCCCC4)nc(N4CCN(CCCCCCCCCCC(=O)NCCCC[C@H](NC(=O)N[C@@H](CCC(=O)O)C(=O)O)C(=O)O)CC4)n3)cc2)C1. The number of hydrogen-bond acceptors (Lipinski definition) is 18. The predicted molar refractivity (Wildman–Crippen MR) is 316 cm³/mol. The summed E-state index contributed by atoms with van der Waals surface area (Å²) in [5.41, 5.74) is 2.06. The lowest BCUT2D eigenvalue weighted by atomic mass is 10.0. The number of amides is 3. The van der Waals surface area contributed by atoms with E-state index < -0.39 is 60.4 Å². The first-order chi connectivity index (χ1) is 40.8. The Morgan fingerprint density at radius 2 is 1.04 bits per heavy atom. The molecule has 4 heterocycles. The van der Waals surface area contributed by atoms with Crippen molar-refractivity contribution >= 4 is 59.7 Å². The average molecular weight is 1200 g/mol. The number of benzene rings is 1. The minimum atomic E-state index is -1.48. The van der Waals surface area contributed by atoms with Crippen LogP contribution in [0.15, 0.2) is 24.3 Å². The summed E-state index contributed by atoms with van der Waals surface area (Å²) >= 11 is 0. The lowest BCUT2D eigenvalue weighted by Gasteiger charge is -2.37. The number of aliphatic carboxylic acids is 6. The summed E-state index contributed by atoms with van der Waals surface area (Å²) in [6, 6.07) is 4.30. The van der Waals surface area contributed by atoms with E-state index in [0.29, 0.717) is 96.2 Å². The highest BCUT2D eigenvalue weighted by Gasteiger charge is 2.29. The van der Waals surface area contributed by atoms with Gasteiger partial charge >= 0.3 is 41.8 Å². The number of nitrogens with one attached hydrogen (secondary N) is 3. The molecular weight excluding hydrogens is 1100 g/mol. The van der Waals surface area contributed by atoms with Gasteiger partial charge in [0.1, 0.15) is 17.9 Å². The summed E-state index contributed by atoms with van der Waals surface area (Å²) in [7, 11) is 1.96. The molecule has 0 saturated carbocycles. The Bertz CT molecular complexity index is 2430. The van der Waals surface area contributed by atoms with E-state index >= 15 is 0 Å². The van der Waals surface area contributed by atoms with Gasteiger partial charge in [-0.15, -0.1) is 0 Å². The number of rotatable bonds is 35. The average Bonchev–Trinajstić information content (AvgIpc) is 3.67. The summed E-state index contributed by atoms with van der Waals surface area (Å²) < 4.78 is 0. The second kappa shape index (κ2) is 37.6. The van der Waals surface area contributed by atoms with Crippen molar-refractivity contribution in [3.8, 4) is 0 Å². The van der Waals surface area contributed by atoms with Gasteiger partial charge in [-0.05, 0) is 88.9 Å². The van der Waals surface area contributed by atoms with Gasteiger partial charge in [-0.3, -0.25) is 43.6 Å². The quantitative estimate of drug-likeness (QED) is 0.0448. The lowest BCUT2D eigenvalue weighted by molar-refractivity contribution is -0.141. The van der Waals surface area contributed by atoms with Crippen LogP contribution in [0.5, 0.6) is 0 Å². The molecule has 3 aliphatic heterocycles.